The van der Waals surface area contributed by atoms with Crippen molar-refractivity contribution in [3.8, 4) is 46.0 Å². The van der Waals surface area contributed by atoms with Gasteiger partial charge in [0.1, 0.15) is 78.7 Å². The zero-order valence-electron chi connectivity index (χ0n) is 68.3. The van der Waals surface area contributed by atoms with E-state index in [0.717, 1.165) is 32.1 Å². The van der Waals surface area contributed by atoms with Crippen LogP contribution in [0.15, 0.2) is 289 Å². The van der Waals surface area contributed by atoms with Gasteiger partial charge in [0.25, 0.3) is 23.6 Å². The normalized spacial score (nSPS) is 12.4. The van der Waals surface area contributed by atoms with Crippen LogP contribution >= 0.6 is 46.4 Å². The lowest BCUT2D eigenvalue weighted by atomic mass is 9.80. The molecule has 2 aliphatic rings. The lowest BCUT2D eigenvalue weighted by molar-refractivity contribution is -0.139. The topological polar surface area (TPSA) is 258 Å². The largest absolute Gasteiger partial charge is 0.461 e. The molecule has 15 rings (SSSR count). The molecule has 13 aromatic rings. The molecule has 2 heterocycles. The third-order valence-electron chi connectivity index (χ3n) is 21.6. The molecule has 1 atom stereocenters. The predicted octanol–water partition coefficient (Wildman–Crippen LogP) is 20.3. The Morgan fingerprint density at radius 1 is 0.315 bits per heavy atom. The number of hydrogen-bond acceptors (Lipinski definition) is 18. The summed E-state index contributed by atoms with van der Waals surface area (Å²) in [4.78, 5) is 152. The van der Waals surface area contributed by atoms with E-state index >= 15 is 28.8 Å². The lowest BCUT2D eigenvalue weighted by Gasteiger charge is -2.36. The molecule has 0 aromatic heterocycles. The van der Waals surface area contributed by atoms with E-state index in [9.17, 15) is 19.2 Å². The first-order valence-electron chi connectivity index (χ1n) is 40.3. The minimum absolute atomic E-state index is 0.0315. The molecule has 2 aliphatic heterocycles. The lowest BCUT2D eigenvalue weighted by Crippen LogP contribution is -2.53. The number of rotatable bonds is 36. The molecule has 0 saturated heterocycles. The second-order valence-electron chi connectivity index (χ2n) is 30.1. The second-order valence-corrected chi connectivity index (χ2v) is 31.9. The van der Waals surface area contributed by atoms with Gasteiger partial charge in [-0.3, -0.25) is 38.6 Å². The van der Waals surface area contributed by atoms with E-state index in [1.807, 2.05) is 121 Å². The smallest absolute Gasteiger partial charge is 0.349 e. The maximum absolute atomic E-state index is 16.7. The van der Waals surface area contributed by atoms with E-state index in [0.29, 0.717) is 22.3 Å². The van der Waals surface area contributed by atoms with E-state index in [-0.39, 0.29) is 210 Å². The number of ether oxygens (including phenoxy) is 8. The van der Waals surface area contributed by atoms with Gasteiger partial charge in [-0.05, 0) is 124 Å². The molecule has 0 N–H and O–H groups in total. The maximum Gasteiger partial charge on any atom is 0.349 e. The number of imide groups is 2. The molecule has 0 bridgehead atoms. The Balaban J connectivity index is 1.01. The van der Waals surface area contributed by atoms with Crippen molar-refractivity contribution in [3.63, 3.8) is 0 Å². The van der Waals surface area contributed by atoms with Crippen molar-refractivity contribution in [2.75, 3.05) is 33.0 Å². The summed E-state index contributed by atoms with van der Waals surface area (Å²) >= 11 is 23.5. The summed E-state index contributed by atoms with van der Waals surface area (Å²) in [5.41, 5.74) is 5.23. The Morgan fingerprint density at radius 3 is 0.811 bits per heavy atom. The molecular weight excluding hydrogens is 1700 g/mol. The third kappa shape index (κ3) is 19.6. The minimum atomic E-state index is -1.52. The van der Waals surface area contributed by atoms with Crippen molar-refractivity contribution in [2.45, 2.75) is 64.8 Å². The molecule has 26 heteroatoms. The standard InChI is InChI=1S/C101H78Cl4N4O18/c1-59(102)98(116)120-46-42-64-26-34-72(35-27-64)124-80-50-76-85-77(95(113)108(94(76)112)58-84(110)106(54-68-18-10-6-11-19-68)55-69-20-12-7-13-21-69)51-81(125-73-36-28-65(29-37-73)43-47-121-99(117)60(2)103)88-90-83(127-75-40-32-67(33-41-75)45-49-123-101(119)62(4)105)53-79-86-78(52-82(89(92(86)90)87(80)91(85)88)126-74-38-30-66(31-39-74)44-48-122-100(118)61(3)104)96(114)109(97(79)115)63(5)93(111)107(56-70-22-14-8-15-23-70)57-71-24-16-9-17-25-71/h6-41,50-53,63H,1-4,42-49,54-58H2,5H3. The van der Waals surface area contributed by atoms with Crippen LogP contribution in [0.1, 0.15) is 92.9 Å². The summed E-state index contributed by atoms with van der Waals surface area (Å²) in [5, 5.41) is -0.548. The molecular formula is C101H78Cl4N4O18. The van der Waals surface area contributed by atoms with Crippen molar-refractivity contribution < 1.29 is 85.8 Å². The first-order chi connectivity index (χ1) is 61.3. The van der Waals surface area contributed by atoms with E-state index < -0.39 is 71.9 Å². The number of benzene rings is 13. The summed E-state index contributed by atoms with van der Waals surface area (Å²) in [6, 6.07) is 68.4. The van der Waals surface area contributed by atoms with Crippen molar-refractivity contribution >= 4 is 149 Å². The van der Waals surface area contributed by atoms with Gasteiger partial charge >= 0.3 is 23.9 Å². The zero-order chi connectivity index (χ0) is 89.3. The van der Waals surface area contributed by atoms with Crippen molar-refractivity contribution in [2.24, 2.45) is 0 Å². The number of hydrogen-bond donors (Lipinski definition) is 0. The van der Waals surface area contributed by atoms with Gasteiger partial charge in [-0.25, -0.2) is 19.2 Å². The van der Waals surface area contributed by atoms with Gasteiger partial charge < -0.3 is 47.7 Å². The van der Waals surface area contributed by atoms with Crippen LogP contribution in [-0.4, -0.2) is 118 Å². The molecule has 22 nitrogen and oxygen atoms in total. The molecule has 6 amide bonds. The minimum Gasteiger partial charge on any atom is -0.461 e. The first kappa shape index (κ1) is 87.5. The second kappa shape index (κ2) is 38.8. The Hall–Kier alpha value is -14.4. The van der Waals surface area contributed by atoms with Crippen LogP contribution in [0.2, 0.25) is 0 Å². The summed E-state index contributed by atoms with van der Waals surface area (Å²) in [5.74, 6) is -7.79. The molecule has 1 unspecified atom stereocenters. The number of nitrogens with zero attached hydrogens (tertiary/aromatic N) is 4. The summed E-state index contributed by atoms with van der Waals surface area (Å²) < 4.78 is 50.6. The highest BCUT2D eigenvalue weighted by Crippen LogP contribution is 2.58. The van der Waals surface area contributed by atoms with Gasteiger partial charge in [0.05, 0.1) is 48.7 Å². The molecule has 0 fully saturated rings. The fraction of sp³-hybridized carbons (Fsp3) is 0.149. The average Bonchev–Trinajstić information content (AvgIpc) is 0.668. The van der Waals surface area contributed by atoms with Gasteiger partial charge in [0, 0.05) is 95.0 Å². The van der Waals surface area contributed by atoms with Crippen LogP contribution < -0.4 is 18.9 Å². The van der Waals surface area contributed by atoms with E-state index in [4.69, 9.17) is 84.3 Å². The fourth-order valence-electron chi connectivity index (χ4n) is 15.4. The predicted molar refractivity (Wildman–Crippen MR) is 482 cm³/mol. The zero-order valence-corrected chi connectivity index (χ0v) is 71.4. The number of carbonyl (C=O) groups excluding carboxylic acids is 10. The number of carbonyl (C=O) groups is 10. The van der Waals surface area contributed by atoms with Crippen LogP contribution in [0.25, 0.3) is 43.1 Å². The number of esters is 4. The number of amides is 6. The Bertz CT molecular complexity index is 6190. The van der Waals surface area contributed by atoms with Crippen LogP contribution in [0.5, 0.6) is 46.0 Å². The van der Waals surface area contributed by atoms with Crippen LogP contribution in [-0.2, 0) is 99.6 Å². The van der Waals surface area contributed by atoms with Gasteiger partial charge in [0.2, 0.25) is 11.8 Å². The summed E-state index contributed by atoms with van der Waals surface area (Å²) in [6.07, 6.45) is 0.858. The molecule has 0 saturated carbocycles. The number of fused-ring (bicyclic) bond motifs is 2. The molecule has 13 aromatic carbocycles. The maximum atomic E-state index is 16.7. The third-order valence-corrected chi connectivity index (χ3v) is 22.2. The first-order valence-corrected chi connectivity index (χ1v) is 41.8. The highest BCUT2D eigenvalue weighted by molar-refractivity contribution is 6.46. The van der Waals surface area contributed by atoms with E-state index in [2.05, 4.69) is 26.3 Å². The van der Waals surface area contributed by atoms with E-state index in [1.165, 1.54) is 31.2 Å². The molecule has 638 valence electrons. The molecule has 127 heavy (non-hydrogen) atoms. The van der Waals surface area contributed by atoms with Crippen molar-refractivity contribution in [1.82, 2.24) is 19.6 Å². The van der Waals surface area contributed by atoms with E-state index in [1.54, 1.807) is 107 Å². The SMILES string of the molecule is C=C(Cl)C(=O)OCCc1ccc(Oc2cc3c4c(cc(Oc5ccc(CCOC(=O)C(=C)Cl)cc5)c5c6c(Oc7ccc(CCOC(=O)C(=C)Cl)cc7)cc7c8c(cc(Oc9ccc(CCOC(=O)C(=C)Cl)cc9)c(c2c45)c86)C(=O)N(C(C)C(=O)N(Cc2ccccc2)Cc2ccccc2)C7=O)C(=O)N(CC(=O)N(Cc2ccccc2)Cc2ccccc2)C3=O)cc1. The average molecular weight is 1780 g/mol. The molecule has 0 aliphatic carbocycles. The highest BCUT2D eigenvalue weighted by Gasteiger charge is 2.45. The van der Waals surface area contributed by atoms with Gasteiger partial charge in [-0.1, -0.05) is 243 Å². The highest BCUT2D eigenvalue weighted by atomic mass is 35.5. The van der Waals surface area contributed by atoms with Crippen LogP contribution in [0.3, 0.4) is 0 Å². The summed E-state index contributed by atoms with van der Waals surface area (Å²) in [7, 11) is 0. The summed E-state index contributed by atoms with van der Waals surface area (Å²) in [6.45, 7) is 14.6. The Labute approximate surface area is 749 Å². The molecule has 0 radical (unpaired) electrons. The Kier molecular flexibility index (Phi) is 26.7. The fourth-order valence-corrected chi connectivity index (χ4v) is 15.6. The number of halogens is 4. The quantitative estimate of drug-likeness (QED) is 0.00882. The molecule has 0 spiro atoms. The van der Waals surface area contributed by atoms with Crippen molar-refractivity contribution in [1.29, 1.82) is 0 Å². The monoisotopic (exact) mass is 1770 g/mol. The van der Waals surface area contributed by atoms with Gasteiger partial charge in [-0.15, -0.1) is 0 Å². The van der Waals surface area contributed by atoms with Crippen LogP contribution in [0.4, 0.5) is 0 Å². The van der Waals surface area contributed by atoms with Crippen molar-refractivity contribution in [3.05, 3.63) is 356 Å². The van der Waals surface area contributed by atoms with Crippen LogP contribution in [0, 0.1) is 0 Å². The van der Waals surface area contributed by atoms with Gasteiger partial charge in [0.15, 0.2) is 0 Å². The van der Waals surface area contributed by atoms with Gasteiger partial charge in [-0.2, -0.15) is 0 Å². The Morgan fingerprint density at radius 2 is 0.559 bits per heavy atom.